The Kier molecular flexibility index (Phi) is 3.70. The minimum atomic E-state index is -0.121. The SMILES string of the molecule is CCc1nn(CC)c(Cn2ncn(C)c2=O)c1Br. The van der Waals surface area contributed by atoms with Crippen molar-refractivity contribution in [2.24, 2.45) is 7.05 Å². The van der Waals surface area contributed by atoms with Gasteiger partial charge < -0.3 is 0 Å². The number of aryl methyl sites for hydroxylation is 3. The van der Waals surface area contributed by atoms with Gasteiger partial charge >= 0.3 is 5.69 Å². The average molecular weight is 314 g/mol. The van der Waals surface area contributed by atoms with Crippen LogP contribution in [-0.2, 0) is 26.6 Å². The number of rotatable bonds is 4. The van der Waals surface area contributed by atoms with E-state index >= 15 is 0 Å². The van der Waals surface area contributed by atoms with Crippen LogP contribution in [0.2, 0.25) is 0 Å². The monoisotopic (exact) mass is 313 g/mol. The van der Waals surface area contributed by atoms with Crippen LogP contribution >= 0.6 is 15.9 Å². The zero-order chi connectivity index (χ0) is 13.3. The second-order valence-electron chi connectivity index (χ2n) is 4.06. The lowest BCUT2D eigenvalue weighted by Crippen LogP contribution is -2.24. The van der Waals surface area contributed by atoms with E-state index < -0.39 is 0 Å². The highest BCUT2D eigenvalue weighted by molar-refractivity contribution is 9.10. The Bertz CT molecular complexity index is 609. The maximum atomic E-state index is 11.8. The first-order valence-electron chi connectivity index (χ1n) is 5.90. The van der Waals surface area contributed by atoms with E-state index in [0.717, 1.165) is 28.8 Å². The van der Waals surface area contributed by atoms with E-state index in [9.17, 15) is 4.79 Å². The van der Waals surface area contributed by atoms with Crippen molar-refractivity contribution in [2.75, 3.05) is 0 Å². The van der Waals surface area contributed by atoms with E-state index in [1.165, 1.54) is 15.6 Å². The van der Waals surface area contributed by atoms with Gasteiger partial charge in [0, 0.05) is 13.6 Å². The molecule has 0 saturated carbocycles. The molecule has 0 saturated heterocycles. The third kappa shape index (κ3) is 2.14. The second-order valence-corrected chi connectivity index (χ2v) is 4.85. The zero-order valence-corrected chi connectivity index (χ0v) is 12.3. The summed E-state index contributed by atoms with van der Waals surface area (Å²) in [7, 11) is 1.69. The molecule has 2 rings (SSSR count). The van der Waals surface area contributed by atoms with Crippen LogP contribution in [0.5, 0.6) is 0 Å². The summed E-state index contributed by atoms with van der Waals surface area (Å²) < 4.78 is 5.78. The molecule has 0 unspecified atom stereocenters. The molecule has 0 aromatic carbocycles. The smallest absolute Gasteiger partial charge is 0.285 e. The molecular formula is C11H16BrN5O. The van der Waals surface area contributed by atoms with Gasteiger partial charge in [0.15, 0.2) is 0 Å². The topological polar surface area (TPSA) is 57.6 Å². The quantitative estimate of drug-likeness (QED) is 0.851. The maximum Gasteiger partial charge on any atom is 0.345 e. The molecule has 18 heavy (non-hydrogen) atoms. The Hall–Kier alpha value is -1.37. The lowest BCUT2D eigenvalue weighted by atomic mass is 10.3. The van der Waals surface area contributed by atoms with E-state index in [4.69, 9.17) is 0 Å². The molecule has 0 aliphatic heterocycles. The number of hydrogen-bond donors (Lipinski definition) is 0. The van der Waals surface area contributed by atoms with Gasteiger partial charge in [0.2, 0.25) is 0 Å². The normalized spacial score (nSPS) is 11.1. The van der Waals surface area contributed by atoms with Crippen molar-refractivity contribution in [2.45, 2.75) is 33.4 Å². The van der Waals surface area contributed by atoms with Gasteiger partial charge in [-0.05, 0) is 29.3 Å². The molecule has 0 bridgehead atoms. The molecule has 2 heterocycles. The first-order chi connectivity index (χ1) is 8.58. The molecule has 0 N–H and O–H groups in total. The van der Waals surface area contributed by atoms with Crippen LogP contribution in [0.15, 0.2) is 15.6 Å². The Morgan fingerprint density at radius 3 is 2.56 bits per heavy atom. The molecule has 6 nitrogen and oxygen atoms in total. The van der Waals surface area contributed by atoms with E-state index in [1.807, 2.05) is 11.6 Å². The van der Waals surface area contributed by atoms with E-state index in [0.29, 0.717) is 6.54 Å². The fourth-order valence-electron chi connectivity index (χ4n) is 1.84. The van der Waals surface area contributed by atoms with Crippen LogP contribution in [0.25, 0.3) is 0 Å². The first kappa shape index (κ1) is 13.1. The minimum absolute atomic E-state index is 0.121. The van der Waals surface area contributed by atoms with E-state index in [2.05, 4.69) is 33.1 Å². The predicted octanol–water partition coefficient (Wildman–Crippen LogP) is 1.17. The van der Waals surface area contributed by atoms with E-state index in [-0.39, 0.29) is 5.69 Å². The lowest BCUT2D eigenvalue weighted by Gasteiger charge is -2.04. The molecule has 2 aromatic rings. The Balaban J connectivity index is 2.42. The highest BCUT2D eigenvalue weighted by atomic mass is 79.9. The minimum Gasteiger partial charge on any atom is -0.285 e. The molecule has 0 aliphatic rings. The molecule has 2 aromatic heterocycles. The summed E-state index contributed by atoms with van der Waals surface area (Å²) in [5, 5.41) is 8.57. The Labute approximate surface area is 113 Å². The summed E-state index contributed by atoms with van der Waals surface area (Å²) in [6, 6.07) is 0. The molecule has 0 amide bonds. The summed E-state index contributed by atoms with van der Waals surface area (Å²) in [6.07, 6.45) is 2.38. The van der Waals surface area contributed by atoms with Gasteiger partial charge in [-0.1, -0.05) is 6.92 Å². The maximum absolute atomic E-state index is 11.8. The highest BCUT2D eigenvalue weighted by Gasteiger charge is 2.15. The van der Waals surface area contributed by atoms with Gasteiger partial charge in [-0.25, -0.2) is 9.48 Å². The largest absolute Gasteiger partial charge is 0.345 e. The number of halogens is 1. The van der Waals surface area contributed by atoms with Gasteiger partial charge in [0.25, 0.3) is 0 Å². The number of hydrogen-bond acceptors (Lipinski definition) is 3. The van der Waals surface area contributed by atoms with Crippen molar-refractivity contribution in [3.63, 3.8) is 0 Å². The van der Waals surface area contributed by atoms with Crippen molar-refractivity contribution >= 4 is 15.9 Å². The van der Waals surface area contributed by atoms with Crippen LogP contribution in [0, 0.1) is 0 Å². The summed E-state index contributed by atoms with van der Waals surface area (Å²) >= 11 is 3.56. The van der Waals surface area contributed by atoms with Crippen molar-refractivity contribution in [1.29, 1.82) is 0 Å². The summed E-state index contributed by atoms with van der Waals surface area (Å²) in [5.41, 5.74) is 1.87. The Morgan fingerprint density at radius 2 is 2.06 bits per heavy atom. The summed E-state index contributed by atoms with van der Waals surface area (Å²) in [5.74, 6) is 0. The molecule has 0 fully saturated rings. The van der Waals surface area contributed by atoms with Crippen LogP contribution in [-0.4, -0.2) is 24.1 Å². The summed E-state index contributed by atoms with van der Waals surface area (Å²) in [4.78, 5) is 11.8. The van der Waals surface area contributed by atoms with Gasteiger partial charge in [0.05, 0.1) is 22.4 Å². The molecular weight excluding hydrogens is 298 g/mol. The fourth-order valence-corrected chi connectivity index (χ4v) is 2.53. The standard InChI is InChI=1S/C11H16BrN5O/c1-4-8-10(12)9(16(5-2)14-8)6-17-11(18)15(3)7-13-17/h7H,4-6H2,1-3H3. The zero-order valence-electron chi connectivity index (χ0n) is 10.7. The van der Waals surface area contributed by atoms with Gasteiger partial charge in [-0.3, -0.25) is 9.25 Å². The third-order valence-electron chi connectivity index (χ3n) is 2.88. The van der Waals surface area contributed by atoms with Gasteiger partial charge in [-0.2, -0.15) is 10.2 Å². The van der Waals surface area contributed by atoms with Gasteiger partial charge in [-0.15, -0.1) is 0 Å². The molecule has 0 spiro atoms. The molecule has 0 atom stereocenters. The van der Waals surface area contributed by atoms with Crippen LogP contribution in [0.3, 0.4) is 0 Å². The number of aromatic nitrogens is 5. The lowest BCUT2D eigenvalue weighted by molar-refractivity contribution is 0.560. The fraction of sp³-hybridized carbons (Fsp3) is 0.545. The van der Waals surface area contributed by atoms with Gasteiger partial charge in [0.1, 0.15) is 6.33 Å². The second kappa shape index (κ2) is 5.09. The summed E-state index contributed by atoms with van der Waals surface area (Å²) in [6.45, 7) is 5.30. The predicted molar refractivity (Wildman–Crippen MR) is 71.5 cm³/mol. The van der Waals surface area contributed by atoms with E-state index in [1.54, 1.807) is 7.05 Å². The highest BCUT2D eigenvalue weighted by Crippen LogP contribution is 2.22. The van der Waals surface area contributed by atoms with Crippen molar-refractivity contribution in [3.8, 4) is 0 Å². The van der Waals surface area contributed by atoms with Crippen molar-refractivity contribution in [3.05, 3.63) is 32.7 Å². The van der Waals surface area contributed by atoms with Crippen molar-refractivity contribution < 1.29 is 0 Å². The molecule has 98 valence electrons. The third-order valence-corrected chi connectivity index (χ3v) is 3.80. The number of nitrogens with zero attached hydrogens (tertiary/aromatic N) is 5. The molecule has 0 aliphatic carbocycles. The average Bonchev–Trinajstić information content (AvgIpc) is 2.85. The Morgan fingerprint density at radius 1 is 1.33 bits per heavy atom. The van der Waals surface area contributed by atoms with Crippen LogP contribution in [0.4, 0.5) is 0 Å². The van der Waals surface area contributed by atoms with Crippen LogP contribution in [0.1, 0.15) is 25.2 Å². The van der Waals surface area contributed by atoms with Crippen LogP contribution < -0.4 is 5.69 Å². The first-order valence-corrected chi connectivity index (χ1v) is 6.70. The van der Waals surface area contributed by atoms with Crippen molar-refractivity contribution in [1.82, 2.24) is 24.1 Å². The molecule has 0 radical (unpaired) electrons. The molecule has 7 heteroatoms.